The molecule has 0 radical (unpaired) electrons. The highest BCUT2D eigenvalue weighted by atomic mass is 16.7. The third kappa shape index (κ3) is 3.57. The molecule has 25 heavy (non-hydrogen) atoms. The molecule has 8 heteroatoms. The Bertz CT molecular complexity index is 718. The zero-order chi connectivity index (χ0) is 17.8. The van der Waals surface area contributed by atoms with Gasteiger partial charge in [0.1, 0.15) is 0 Å². The van der Waals surface area contributed by atoms with E-state index in [2.05, 4.69) is 10.1 Å². The number of oxime groups is 1. The molecule has 0 unspecified atom stereocenters. The van der Waals surface area contributed by atoms with E-state index in [4.69, 9.17) is 10.6 Å². The molecule has 2 aliphatic rings. The number of imide groups is 1. The fourth-order valence-electron chi connectivity index (χ4n) is 3.01. The van der Waals surface area contributed by atoms with Crippen molar-refractivity contribution in [1.82, 2.24) is 9.88 Å². The maximum absolute atomic E-state index is 12.3. The van der Waals surface area contributed by atoms with E-state index in [9.17, 15) is 14.4 Å². The number of nitrogens with two attached hydrogens (primary N) is 1. The predicted molar refractivity (Wildman–Crippen MR) is 87.7 cm³/mol. The first-order valence-electron chi connectivity index (χ1n) is 8.02. The molecule has 1 aliphatic carbocycles. The molecule has 1 aromatic heterocycles. The van der Waals surface area contributed by atoms with E-state index in [0.717, 1.165) is 4.90 Å². The third-order valence-electron chi connectivity index (χ3n) is 4.36. The number of nitrogens with zero attached hydrogens (tertiary/aromatic N) is 3. The van der Waals surface area contributed by atoms with E-state index in [-0.39, 0.29) is 42.5 Å². The van der Waals surface area contributed by atoms with Crippen molar-refractivity contribution in [1.29, 1.82) is 0 Å². The second-order valence-corrected chi connectivity index (χ2v) is 5.91. The first-order valence-corrected chi connectivity index (χ1v) is 8.02. The van der Waals surface area contributed by atoms with Gasteiger partial charge in [-0.2, -0.15) is 0 Å². The summed E-state index contributed by atoms with van der Waals surface area (Å²) in [5.74, 6) is -1.64. The maximum Gasteiger partial charge on any atom is 0.336 e. The van der Waals surface area contributed by atoms with Crippen molar-refractivity contribution in [2.45, 2.75) is 19.3 Å². The van der Waals surface area contributed by atoms with Crippen molar-refractivity contribution < 1.29 is 19.2 Å². The van der Waals surface area contributed by atoms with E-state index in [1.807, 2.05) is 12.2 Å². The lowest BCUT2D eigenvalue weighted by Crippen LogP contribution is -2.33. The van der Waals surface area contributed by atoms with Gasteiger partial charge in [0.2, 0.25) is 11.8 Å². The molecular formula is C17H18N4O4. The summed E-state index contributed by atoms with van der Waals surface area (Å²) in [5.41, 5.74) is 6.28. The van der Waals surface area contributed by atoms with E-state index in [1.165, 1.54) is 0 Å². The average Bonchev–Trinajstić information content (AvgIpc) is 2.89. The van der Waals surface area contributed by atoms with E-state index in [1.54, 1.807) is 24.5 Å². The predicted octanol–water partition coefficient (Wildman–Crippen LogP) is 0.586. The molecule has 1 saturated heterocycles. The summed E-state index contributed by atoms with van der Waals surface area (Å²) in [7, 11) is 0. The smallest absolute Gasteiger partial charge is 0.336 e. The molecule has 2 heterocycles. The molecule has 1 fully saturated rings. The molecule has 130 valence electrons. The van der Waals surface area contributed by atoms with Crippen LogP contribution >= 0.6 is 0 Å². The van der Waals surface area contributed by atoms with Crippen molar-refractivity contribution in [3.05, 3.63) is 42.2 Å². The van der Waals surface area contributed by atoms with Crippen molar-refractivity contribution in [3.8, 4) is 0 Å². The fraction of sp³-hybridized carbons (Fsp3) is 0.353. The Labute approximate surface area is 144 Å². The largest absolute Gasteiger partial charge is 0.380 e. The molecule has 0 aromatic carbocycles. The molecule has 2 amide bonds. The lowest BCUT2D eigenvalue weighted by molar-refractivity contribution is -0.145. The molecule has 2 N–H and O–H groups in total. The molecule has 1 aliphatic heterocycles. The van der Waals surface area contributed by atoms with Crippen LogP contribution < -0.4 is 5.73 Å². The molecule has 1 aromatic rings. The Hall–Kier alpha value is -3.03. The maximum atomic E-state index is 12.3. The summed E-state index contributed by atoms with van der Waals surface area (Å²) >= 11 is 0. The number of hydrogen-bond acceptors (Lipinski definition) is 6. The van der Waals surface area contributed by atoms with Crippen LogP contribution in [0.3, 0.4) is 0 Å². The molecule has 3 rings (SSSR count). The first-order chi connectivity index (χ1) is 12.1. The van der Waals surface area contributed by atoms with Gasteiger partial charge in [-0.1, -0.05) is 17.3 Å². The van der Waals surface area contributed by atoms with Crippen molar-refractivity contribution >= 4 is 23.6 Å². The van der Waals surface area contributed by atoms with Crippen LogP contribution in [0.15, 0.2) is 41.8 Å². The number of allylic oxidation sites excluding steroid dienone is 2. The quantitative estimate of drug-likeness (QED) is 0.209. The third-order valence-corrected chi connectivity index (χ3v) is 4.36. The molecular weight excluding hydrogens is 324 g/mol. The number of rotatable bonds is 5. The van der Waals surface area contributed by atoms with Crippen LogP contribution in [-0.2, 0) is 19.2 Å². The summed E-state index contributed by atoms with van der Waals surface area (Å²) < 4.78 is 0. The van der Waals surface area contributed by atoms with Gasteiger partial charge in [0.05, 0.1) is 18.3 Å². The minimum atomic E-state index is -0.661. The van der Waals surface area contributed by atoms with Crippen LogP contribution in [0.4, 0.5) is 0 Å². The number of hydrogen-bond donors (Lipinski definition) is 1. The number of carbonyl (C=O) groups is 3. The van der Waals surface area contributed by atoms with Gasteiger partial charge in [-0.25, -0.2) is 4.79 Å². The topological polar surface area (TPSA) is 115 Å². The minimum Gasteiger partial charge on any atom is -0.380 e. The number of fused-ring (bicyclic) bond motifs is 1. The Kier molecular flexibility index (Phi) is 4.87. The highest BCUT2D eigenvalue weighted by Gasteiger charge is 2.46. The molecule has 8 nitrogen and oxygen atoms in total. The lowest BCUT2D eigenvalue weighted by Gasteiger charge is -2.14. The van der Waals surface area contributed by atoms with E-state index in [0.29, 0.717) is 18.4 Å². The number of carbonyl (C=O) groups excluding carboxylic acids is 3. The summed E-state index contributed by atoms with van der Waals surface area (Å²) in [6.07, 6.45) is 7.93. The van der Waals surface area contributed by atoms with E-state index < -0.39 is 5.97 Å². The van der Waals surface area contributed by atoms with Crippen LogP contribution in [-0.4, -0.2) is 40.0 Å². The van der Waals surface area contributed by atoms with Gasteiger partial charge in [-0.05, 0) is 25.0 Å². The Morgan fingerprint density at radius 3 is 2.40 bits per heavy atom. The van der Waals surface area contributed by atoms with Crippen LogP contribution in [0, 0.1) is 11.8 Å². The van der Waals surface area contributed by atoms with Gasteiger partial charge < -0.3 is 10.6 Å². The van der Waals surface area contributed by atoms with Gasteiger partial charge in [0, 0.05) is 24.5 Å². The van der Waals surface area contributed by atoms with Gasteiger partial charge in [-0.15, -0.1) is 0 Å². The first kappa shape index (κ1) is 16.8. The van der Waals surface area contributed by atoms with Crippen LogP contribution in [0.2, 0.25) is 0 Å². The van der Waals surface area contributed by atoms with Gasteiger partial charge >= 0.3 is 5.97 Å². The summed E-state index contributed by atoms with van der Waals surface area (Å²) in [6.45, 7) is -0.00577. The number of aromatic nitrogens is 1. The number of pyridine rings is 1. The molecule has 0 saturated carbocycles. The van der Waals surface area contributed by atoms with Crippen molar-refractivity contribution in [3.63, 3.8) is 0 Å². The van der Waals surface area contributed by atoms with Gasteiger partial charge in [0.15, 0.2) is 5.84 Å². The summed E-state index contributed by atoms with van der Waals surface area (Å²) in [5, 5.41) is 3.57. The zero-order valence-electron chi connectivity index (χ0n) is 13.5. The number of likely N-dealkylation sites (tertiary alicyclic amines) is 1. The number of amides is 2. The molecule has 0 bridgehead atoms. The Balaban J connectivity index is 1.53. The normalized spacial score (nSPS) is 22.9. The van der Waals surface area contributed by atoms with Crippen molar-refractivity contribution in [2.75, 3.05) is 6.54 Å². The van der Waals surface area contributed by atoms with Gasteiger partial charge in [0.25, 0.3) is 0 Å². The number of amidine groups is 1. The molecule has 2 atom stereocenters. The Morgan fingerprint density at radius 2 is 1.80 bits per heavy atom. The summed E-state index contributed by atoms with van der Waals surface area (Å²) in [4.78, 5) is 46.1. The zero-order valence-corrected chi connectivity index (χ0v) is 13.5. The van der Waals surface area contributed by atoms with Gasteiger partial charge in [-0.3, -0.25) is 19.5 Å². The average molecular weight is 342 g/mol. The highest BCUT2D eigenvalue weighted by Crippen LogP contribution is 2.34. The van der Waals surface area contributed by atoms with E-state index >= 15 is 0 Å². The van der Waals surface area contributed by atoms with Crippen LogP contribution in [0.25, 0.3) is 0 Å². The van der Waals surface area contributed by atoms with Crippen molar-refractivity contribution in [2.24, 2.45) is 22.7 Å². The second-order valence-electron chi connectivity index (χ2n) is 5.91. The SMILES string of the molecule is N/C(=N/OC(=O)CCN1C(=O)[C@H]2CC=CC[C@H]2C1=O)c1ccncc1. The van der Waals surface area contributed by atoms with Crippen LogP contribution in [0.5, 0.6) is 0 Å². The second kappa shape index (κ2) is 7.25. The lowest BCUT2D eigenvalue weighted by atomic mass is 9.85. The minimum absolute atomic E-state index is 0.00577. The fourth-order valence-corrected chi connectivity index (χ4v) is 3.01. The molecule has 0 spiro atoms. The standard InChI is InChI=1S/C17H18N4O4/c18-15(11-5-8-19-9-6-11)20-25-14(22)7-10-21-16(23)12-3-1-2-4-13(12)17(21)24/h1-2,5-6,8-9,12-13H,3-4,7,10H2,(H2,18,20)/t12-,13+. The highest BCUT2D eigenvalue weighted by molar-refractivity contribution is 6.05. The van der Waals surface area contributed by atoms with Crippen LogP contribution in [0.1, 0.15) is 24.8 Å². The Morgan fingerprint density at radius 1 is 1.20 bits per heavy atom. The summed E-state index contributed by atoms with van der Waals surface area (Å²) in [6, 6.07) is 3.26. The monoisotopic (exact) mass is 342 g/mol.